The number of phosphoric ester groups is 1. The molecule has 0 amide bonds. The monoisotopic (exact) mass is 596 g/mol. The molecule has 4 rings (SSSR count). The second kappa shape index (κ2) is 11.4. The van der Waals surface area contributed by atoms with Crippen LogP contribution in [-0.4, -0.2) is 57.5 Å². The fraction of sp³-hybridized carbons (Fsp3) is 0.741. The number of ether oxygens (including phenoxy) is 1. The van der Waals surface area contributed by atoms with Crippen molar-refractivity contribution >= 4 is 25.4 Å². The molecule has 0 aromatic rings. The maximum absolute atomic E-state index is 17.4. The van der Waals surface area contributed by atoms with Crippen LogP contribution >= 0.6 is 7.82 Å². The van der Waals surface area contributed by atoms with Crippen LogP contribution in [0.4, 0.5) is 8.78 Å². The number of unbranched alkanes of at least 4 members (excludes halogenated alkanes) is 1. The Morgan fingerprint density at radius 1 is 1.23 bits per heavy atom. The number of allylic oxidation sites excluding steroid dienone is 4. The summed E-state index contributed by atoms with van der Waals surface area (Å²) in [4.78, 5) is 57.2. The maximum Gasteiger partial charge on any atom is 1.00 e. The van der Waals surface area contributed by atoms with Crippen LogP contribution in [0.3, 0.4) is 0 Å². The molecule has 3 unspecified atom stereocenters. The van der Waals surface area contributed by atoms with E-state index in [2.05, 4.69) is 4.52 Å². The van der Waals surface area contributed by atoms with E-state index >= 15 is 8.78 Å². The first kappa shape index (κ1) is 33.7. The van der Waals surface area contributed by atoms with Gasteiger partial charge in [-0.05, 0) is 55.7 Å². The Hall–Kier alpha value is -0.780. The van der Waals surface area contributed by atoms with Crippen molar-refractivity contribution in [3.8, 4) is 0 Å². The van der Waals surface area contributed by atoms with Gasteiger partial charge in [0, 0.05) is 23.2 Å². The minimum Gasteiger partial charge on any atom is -0.850 e. The van der Waals surface area contributed by atoms with Gasteiger partial charge in [0.25, 0.3) is 0 Å². The molecular weight excluding hydrogens is 560 g/mol. The number of ketones is 2. The molecule has 9 nitrogen and oxygen atoms in total. The maximum atomic E-state index is 17.4. The standard InChI is InChI=1S/C27H36F2O9P.Na/c1-5-6-7-23(33)38-27(22(32)14-37-39(34,35)36)15(2)10-17-18-12-20(28)19-11-16(30)8-9-24(19,3)26(18,29)21(31)13-25(17,27)4;/h8-9,11,15,17-18,20-21H,5-7,10,12-14H2,1-4H3,(H2,34,35,36);/q-1;+1/t15-,17?,18?,20+,21?,24+,25+,26+,27+;/m1./s1. The molecule has 0 spiro atoms. The number of esters is 1. The number of phosphoric acid groups is 1. The Labute approximate surface area is 254 Å². The van der Waals surface area contributed by atoms with Gasteiger partial charge >= 0.3 is 43.3 Å². The molecule has 0 radical (unpaired) electrons. The first-order chi connectivity index (χ1) is 18.0. The van der Waals surface area contributed by atoms with Gasteiger partial charge in [0.05, 0.1) is 0 Å². The fourth-order valence-electron chi connectivity index (χ4n) is 8.16. The smallest absolute Gasteiger partial charge is 0.850 e. The predicted octanol–water partition coefficient (Wildman–Crippen LogP) is 0.0738. The number of alkyl halides is 2. The minimum absolute atomic E-state index is 0. The molecule has 218 valence electrons. The third-order valence-electron chi connectivity index (χ3n) is 9.93. The third kappa shape index (κ3) is 4.96. The van der Waals surface area contributed by atoms with Crippen LogP contribution < -0.4 is 34.7 Å². The van der Waals surface area contributed by atoms with Gasteiger partial charge < -0.3 is 19.6 Å². The van der Waals surface area contributed by atoms with E-state index in [1.165, 1.54) is 13.0 Å². The van der Waals surface area contributed by atoms with Gasteiger partial charge in [0.2, 0.25) is 5.78 Å². The van der Waals surface area contributed by atoms with Crippen molar-refractivity contribution in [3.05, 3.63) is 23.8 Å². The summed E-state index contributed by atoms with van der Waals surface area (Å²) in [7, 11) is -5.08. The molecule has 40 heavy (non-hydrogen) atoms. The molecule has 13 heteroatoms. The summed E-state index contributed by atoms with van der Waals surface area (Å²) >= 11 is 0. The minimum atomic E-state index is -5.08. The van der Waals surface area contributed by atoms with Crippen molar-refractivity contribution in [1.29, 1.82) is 0 Å². The second-order valence-electron chi connectivity index (χ2n) is 12.0. The zero-order chi connectivity index (χ0) is 29.2. The summed E-state index contributed by atoms with van der Waals surface area (Å²) in [6.07, 6.45) is 0.103. The molecule has 0 bridgehead atoms. The average molecular weight is 597 g/mol. The van der Waals surface area contributed by atoms with Gasteiger partial charge in [-0.3, -0.25) is 18.9 Å². The molecule has 0 aliphatic heterocycles. The molecule has 3 fully saturated rings. The van der Waals surface area contributed by atoms with Crippen molar-refractivity contribution < 1.29 is 81.4 Å². The van der Waals surface area contributed by atoms with Crippen LogP contribution in [0.5, 0.6) is 0 Å². The SMILES string of the molecule is CCCCC(=O)O[C@]1(C(=O)COP(=O)(O)O)[C@H](C)CC2C3C[C@H](F)C4=CC(=O)C=C[C@]4(C)[C@@]3(F)C([O-])C[C@@]21C.[Na+]. The Kier molecular flexibility index (Phi) is 9.59. The van der Waals surface area contributed by atoms with Crippen LogP contribution in [0.25, 0.3) is 0 Å². The number of carbonyl (C=O) groups excluding carboxylic acids is 3. The van der Waals surface area contributed by atoms with E-state index in [4.69, 9.17) is 4.74 Å². The van der Waals surface area contributed by atoms with E-state index in [9.17, 15) is 33.8 Å². The molecular formula is C27H36F2NaO9P. The van der Waals surface area contributed by atoms with E-state index in [1.807, 2.05) is 6.92 Å². The topological polar surface area (TPSA) is 150 Å². The van der Waals surface area contributed by atoms with E-state index in [-0.39, 0.29) is 48.0 Å². The molecule has 2 N–H and O–H groups in total. The van der Waals surface area contributed by atoms with Crippen molar-refractivity contribution in [2.45, 2.75) is 89.8 Å². The van der Waals surface area contributed by atoms with Crippen LogP contribution in [0.15, 0.2) is 23.8 Å². The molecule has 0 aromatic heterocycles. The van der Waals surface area contributed by atoms with Crippen LogP contribution in [0, 0.1) is 28.6 Å². The zero-order valence-electron chi connectivity index (χ0n) is 23.5. The van der Waals surface area contributed by atoms with E-state index in [0.717, 1.165) is 12.2 Å². The summed E-state index contributed by atoms with van der Waals surface area (Å²) in [5.41, 5.74) is -7.77. The van der Waals surface area contributed by atoms with Gasteiger partial charge in [-0.2, -0.15) is 0 Å². The molecule has 0 heterocycles. The Bertz CT molecular complexity index is 1170. The average Bonchev–Trinajstić information content (AvgIpc) is 3.06. The molecule has 4 aliphatic carbocycles. The van der Waals surface area contributed by atoms with Crippen LogP contribution in [0.1, 0.15) is 66.2 Å². The Morgan fingerprint density at radius 2 is 1.88 bits per heavy atom. The second-order valence-corrected chi connectivity index (χ2v) is 13.2. The summed E-state index contributed by atoms with van der Waals surface area (Å²) in [6, 6.07) is 0. The summed E-state index contributed by atoms with van der Waals surface area (Å²) in [5, 5.41) is 14.0. The number of halogens is 2. The molecule has 3 saturated carbocycles. The van der Waals surface area contributed by atoms with Gasteiger partial charge in [-0.25, -0.2) is 13.3 Å². The molecule has 4 aliphatic rings. The molecule has 0 saturated heterocycles. The van der Waals surface area contributed by atoms with Crippen molar-refractivity contribution in [2.75, 3.05) is 6.61 Å². The number of carbonyl (C=O) groups is 3. The molecule has 9 atom stereocenters. The Balaban J connectivity index is 0.00000441. The Morgan fingerprint density at radius 3 is 2.48 bits per heavy atom. The third-order valence-corrected chi connectivity index (χ3v) is 10.4. The van der Waals surface area contributed by atoms with Gasteiger partial charge in [-0.15, -0.1) is 0 Å². The van der Waals surface area contributed by atoms with Crippen molar-refractivity contribution in [1.82, 2.24) is 0 Å². The number of rotatable bonds is 8. The zero-order valence-corrected chi connectivity index (χ0v) is 26.4. The van der Waals surface area contributed by atoms with Crippen LogP contribution in [-0.2, 0) is 28.2 Å². The number of Topliss-reactive ketones (excluding diaryl/α,β-unsaturated/α-hetero) is 1. The number of fused-ring (bicyclic) bond motifs is 5. The normalized spacial score (nSPS) is 42.2. The first-order valence-electron chi connectivity index (χ1n) is 13.4. The van der Waals surface area contributed by atoms with E-state index in [1.54, 1.807) is 13.8 Å². The van der Waals surface area contributed by atoms with E-state index < -0.39 is 96.9 Å². The van der Waals surface area contributed by atoms with E-state index in [0.29, 0.717) is 12.8 Å². The fourth-order valence-corrected chi connectivity index (χ4v) is 8.44. The van der Waals surface area contributed by atoms with Crippen molar-refractivity contribution in [2.24, 2.45) is 28.6 Å². The quantitative estimate of drug-likeness (QED) is 0.226. The van der Waals surface area contributed by atoms with Gasteiger partial charge in [0.1, 0.15) is 18.4 Å². The summed E-state index contributed by atoms with van der Waals surface area (Å²) in [6.45, 7) is 5.34. The van der Waals surface area contributed by atoms with Gasteiger partial charge in [0.15, 0.2) is 11.4 Å². The predicted molar refractivity (Wildman–Crippen MR) is 132 cm³/mol. The first-order valence-corrected chi connectivity index (χ1v) is 14.9. The largest absolute Gasteiger partial charge is 1.00 e. The summed E-state index contributed by atoms with van der Waals surface area (Å²) in [5.74, 6) is -4.90. The van der Waals surface area contributed by atoms with Crippen LogP contribution in [0.2, 0.25) is 0 Å². The number of hydrogen-bond donors (Lipinski definition) is 2. The summed E-state index contributed by atoms with van der Waals surface area (Å²) < 4.78 is 54.8. The molecule has 0 aromatic carbocycles. The number of hydrogen-bond acceptors (Lipinski definition) is 7. The van der Waals surface area contributed by atoms with Gasteiger partial charge in [-0.1, -0.05) is 45.8 Å². The van der Waals surface area contributed by atoms with Crippen molar-refractivity contribution in [3.63, 3.8) is 0 Å².